The summed E-state index contributed by atoms with van der Waals surface area (Å²) in [5, 5.41) is 16.2. The maximum absolute atomic E-state index is 11.8. The van der Waals surface area contributed by atoms with E-state index in [0.717, 1.165) is 63.8 Å². The first-order chi connectivity index (χ1) is 10.8. The summed E-state index contributed by atoms with van der Waals surface area (Å²) in [7, 11) is 0. The zero-order valence-corrected chi connectivity index (χ0v) is 14.9. The molecule has 5 heteroatoms. The zero-order chi connectivity index (χ0) is 16.9. The molecule has 0 bridgehead atoms. The molecule has 1 amide bonds. The molecular weight excluding hydrogens is 292 g/mol. The van der Waals surface area contributed by atoms with Crippen LogP contribution >= 0.6 is 0 Å². The lowest BCUT2D eigenvalue weighted by Crippen LogP contribution is -2.44. The van der Waals surface area contributed by atoms with Crippen LogP contribution in [0.25, 0.3) is 0 Å². The van der Waals surface area contributed by atoms with Crippen molar-refractivity contribution in [2.24, 2.45) is 5.92 Å². The van der Waals surface area contributed by atoms with Crippen LogP contribution < -0.4 is 10.6 Å². The molecule has 134 valence electrons. The lowest BCUT2D eigenvalue weighted by atomic mass is 9.86. The molecule has 0 aromatic carbocycles. The molecule has 0 heterocycles. The second kappa shape index (κ2) is 8.34. The maximum Gasteiger partial charge on any atom is 0.407 e. The van der Waals surface area contributed by atoms with Crippen LogP contribution in [0, 0.1) is 5.92 Å². The van der Waals surface area contributed by atoms with Crippen molar-refractivity contribution >= 4 is 6.09 Å². The Balaban J connectivity index is 1.59. The maximum atomic E-state index is 11.8. The normalized spacial score (nSPS) is 32.3. The summed E-state index contributed by atoms with van der Waals surface area (Å²) in [5.74, 6) is 0.719. The fraction of sp³-hybridized carbons (Fsp3) is 0.944. The predicted octanol–water partition coefficient (Wildman–Crippen LogP) is 2.96. The van der Waals surface area contributed by atoms with Gasteiger partial charge in [-0.05, 0) is 84.6 Å². The molecule has 0 saturated heterocycles. The van der Waals surface area contributed by atoms with Crippen molar-refractivity contribution in [3.63, 3.8) is 0 Å². The Morgan fingerprint density at radius 3 is 2.13 bits per heavy atom. The van der Waals surface area contributed by atoms with Crippen LogP contribution in [0.4, 0.5) is 4.79 Å². The summed E-state index contributed by atoms with van der Waals surface area (Å²) in [5.41, 5.74) is -0.434. The average Bonchev–Trinajstić information content (AvgIpc) is 2.46. The van der Waals surface area contributed by atoms with Crippen LogP contribution in [-0.4, -0.2) is 41.5 Å². The molecule has 2 saturated carbocycles. The minimum atomic E-state index is -0.434. The quantitative estimate of drug-likeness (QED) is 0.743. The molecule has 2 aliphatic rings. The van der Waals surface area contributed by atoms with Gasteiger partial charge in [-0.2, -0.15) is 0 Å². The van der Waals surface area contributed by atoms with Crippen molar-refractivity contribution in [3.05, 3.63) is 0 Å². The van der Waals surface area contributed by atoms with E-state index in [1.165, 1.54) is 0 Å². The summed E-state index contributed by atoms with van der Waals surface area (Å²) in [4.78, 5) is 11.8. The molecule has 2 aliphatic carbocycles. The summed E-state index contributed by atoms with van der Waals surface area (Å²) in [6.45, 7) is 6.73. The van der Waals surface area contributed by atoms with Crippen LogP contribution in [0.15, 0.2) is 0 Å². The molecule has 0 unspecified atom stereocenters. The third kappa shape index (κ3) is 7.08. The van der Waals surface area contributed by atoms with Crippen LogP contribution in [0.5, 0.6) is 0 Å². The van der Waals surface area contributed by atoms with Crippen LogP contribution in [0.1, 0.15) is 72.1 Å². The van der Waals surface area contributed by atoms with Crippen molar-refractivity contribution in [1.29, 1.82) is 0 Å². The number of aliphatic hydroxyl groups excluding tert-OH is 1. The number of aliphatic hydroxyl groups is 1. The van der Waals surface area contributed by atoms with E-state index >= 15 is 0 Å². The first kappa shape index (κ1) is 18.5. The van der Waals surface area contributed by atoms with Crippen molar-refractivity contribution in [3.8, 4) is 0 Å². The van der Waals surface area contributed by atoms with E-state index in [2.05, 4.69) is 10.6 Å². The van der Waals surface area contributed by atoms with E-state index < -0.39 is 5.60 Å². The summed E-state index contributed by atoms with van der Waals surface area (Å²) >= 11 is 0. The van der Waals surface area contributed by atoms with Gasteiger partial charge in [0, 0.05) is 12.1 Å². The largest absolute Gasteiger partial charge is 0.444 e. The number of ether oxygens (including phenoxy) is 1. The fourth-order valence-corrected chi connectivity index (χ4v) is 3.60. The highest BCUT2D eigenvalue weighted by Crippen LogP contribution is 2.25. The average molecular weight is 326 g/mol. The zero-order valence-electron chi connectivity index (χ0n) is 14.9. The number of carbonyl (C=O) groups excluding carboxylic acids is 1. The fourth-order valence-electron chi connectivity index (χ4n) is 3.60. The van der Waals surface area contributed by atoms with Gasteiger partial charge in [-0.25, -0.2) is 4.79 Å². The molecule has 0 aromatic heterocycles. The second-order valence-electron chi connectivity index (χ2n) is 8.28. The monoisotopic (exact) mass is 326 g/mol. The highest BCUT2D eigenvalue weighted by atomic mass is 16.6. The second-order valence-corrected chi connectivity index (χ2v) is 8.28. The molecular formula is C18H34N2O3. The summed E-state index contributed by atoms with van der Waals surface area (Å²) < 4.78 is 5.32. The molecule has 2 fully saturated rings. The van der Waals surface area contributed by atoms with Gasteiger partial charge in [-0.3, -0.25) is 0 Å². The topological polar surface area (TPSA) is 70.6 Å². The summed E-state index contributed by atoms with van der Waals surface area (Å²) in [6.07, 6.45) is 8.08. The number of rotatable bonds is 4. The van der Waals surface area contributed by atoms with Gasteiger partial charge < -0.3 is 20.5 Å². The molecule has 0 atom stereocenters. The number of hydrogen-bond donors (Lipinski definition) is 3. The van der Waals surface area contributed by atoms with Gasteiger partial charge in [0.05, 0.1) is 6.10 Å². The smallest absolute Gasteiger partial charge is 0.407 e. The highest BCUT2D eigenvalue weighted by molar-refractivity contribution is 5.68. The molecule has 0 spiro atoms. The van der Waals surface area contributed by atoms with Crippen LogP contribution in [-0.2, 0) is 4.74 Å². The van der Waals surface area contributed by atoms with E-state index in [9.17, 15) is 9.90 Å². The van der Waals surface area contributed by atoms with E-state index in [1.807, 2.05) is 20.8 Å². The van der Waals surface area contributed by atoms with E-state index in [0.29, 0.717) is 6.04 Å². The van der Waals surface area contributed by atoms with Crippen LogP contribution in [0.3, 0.4) is 0 Å². The van der Waals surface area contributed by atoms with Gasteiger partial charge in [0.15, 0.2) is 0 Å². The lowest BCUT2D eigenvalue weighted by molar-refractivity contribution is 0.0489. The highest BCUT2D eigenvalue weighted by Gasteiger charge is 2.25. The standard InChI is InChI=1S/C18H34N2O3/c1-18(2,3)23-17(22)20-15-8-6-14(7-9-15)19-12-13-4-10-16(21)11-5-13/h13-16,19,21H,4-12H2,1-3H3,(H,20,22). The molecule has 0 radical (unpaired) electrons. The van der Waals surface area contributed by atoms with Gasteiger partial charge in [0.2, 0.25) is 0 Å². The number of hydrogen-bond acceptors (Lipinski definition) is 4. The van der Waals surface area contributed by atoms with Gasteiger partial charge >= 0.3 is 6.09 Å². The molecule has 0 aromatic rings. The van der Waals surface area contributed by atoms with Gasteiger partial charge in [0.25, 0.3) is 0 Å². The Kier molecular flexibility index (Phi) is 6.72. The Morgan fingerprint density at radius 2 is 1.57 bits per heavy atom. The Morgan fingerprint density at radius 1 is 1.00 bits per heavy atom. The Labute approximate surface area is 140 Å². The van der Waals surface area contributed by atoms with Crippen molar-refractivity contribution in [2.75, 3.05) is 6.54 Å². The lowest BCUT2D eigenvalue weighted by Gasteiger charge is -2.32. The number of alkyl carbamates (subject to hydrolysis) is 1. The molecule has 23 heavy (non-hydrogen) atoms. The number of amides is 1. The van der Waals surface area contributed by atoms with Crippen LogP contribution in [0.2, 0.25) is 0 Å². The SMILES string of the molecule is CC(C)(C)OC(=O)NC1CCC(NCC2CCC(O)CC2)CC1. The minimum Gasteiger partial charge on any atom is -0.444 e. The van der Waals surface area contributed by atoms with E-state index in [-0.39, 0.29) is 18.2 Å². The number of carbonyl (C=O) groups is 1. The number of nitrogens with one attached hydrogen (secondary N) is 2. The van der Waals surface area contributed by atoms with Crippen molar-refractivity contribution in [1.82, 2.24) is 10.6 Å². The molecule has 2 rings (SSSR count). The first-order valence-electron chi connectivity index (χ1n) is 9.23. The third-order valence-electron chi connectivity index (χ3n) is 4.96. The summed E-state index contributed by atoms with van der Waals surface area (Å²) in [6, 6.07) is 0.811. The third-order valence-corrected chi connectivity index (χ3v) is 4.96. The predicted molar refractivity (Wildman–Crippen MR) is 91.4 cm³/mol. The minimum absolute atomic E-state index is 0.0689. The molecule has 0 aliphatic heterocycles. The van der Waals surface area contributed by atoms with E-state index in [1.54, 1.807) is 0 Å². The van der Waals surface area contributed by atoms with Gasteiger partial charge in [-0.1, -0.05) is 0 Å². The molecule has 5 nitrogen and oxygen atoms in total. The van der Waals surface area contributed by atoms with Crippen molar-refractivity contribution in [2.45, 2.75) is 95.9 Å². The Bertz CT molecular complexity index is 365. The van der Waals surface area contributed by atoms with Crippen molar-refractivity contribution < 1.29 is 14.6 Å². The first-order valence-corrected chi connectivity index (χ1v) is 9.23. The van der Waals surface area contributed by atoms with E-state index in [4.69, 9.17) is 4.74 Å². The Hall–Kier alpha value is -0.810. The molecule has 3 N–H and O–H groups in total. The van der Waals surface area contributed by atoms with Gasteiger partial charge in [0.1, 0.15) is 5.60 Å². The van der Waals surface area contributed by atoms with Gasteiger partial charge in [-0.15, -0.1) is 0 Å².